The highest BCUT2D eigenvalue weighted by molar-refractivity contribution is 5.92. The summed E-state index contributed by atoms with van der Waals surface area (Å²) in [5.41, 5.74) is 1.05. The third-order valence-corrected chi connectivity index (χ3v) is 7.24. The van der Waals surface area contributed by atoms with Gasteiger partial charge in [-0.2, -0.15) is 9.97 Å². The number of aryl methyl sites for hydroxylation is 2. The molecule has 0 spiro atoms. The summed E-state index contributed by atoms with van der Waals surface area (Å²) < 4.78 is 19.3. The molecule has 2 aromatic heterocycles. The van der Waals surface area contributed by atoms with Gasteiger partial charge < -0.3 is 19.3 Å². The van der Waals surface area contributed by atoms with Crippen molar-refractivity contribution in [1.82, 2.24) is 19.5 Å². The molecule has 1 aliphatic heterocycles. The zero-order valence-electron chi connectivity index (χ0n) is 24.6. The molecule has 4 aromatic rings. The van der Waals surface area contributed by atoms with E-state index >= 15 is 0 Å². The molecular formula is C32H31N5O7. The smallest absolute Gasteiger partial charge is 0.338 e. The Morgan fingerprint density at radius 1 is 1.07 bits per heavy atom. The van der Waals surface area contributed by atoms with Crippen LogP contribution in [0.25, 0.3) is 11.2 Å². The van der Waals surface area contributed by atoms with E-state index in [0.29, 0.717) is 11.1 Å². The third kappa shape index (κ3) is 6.09. The van der Waals surface area contributed by atoms with Crippen molar-refractivity contribution in [1.29, 1.82) is 0 Å². The number of ether oxygens (including phenoxy) is 3. The number of nitrogens with one attached hydrogen (secondary N) is 1. The zero-order valence-corrected chi connectivity index (χ0v) is 24.6. The number of imidazole rings is 1. The first-order valence-electron chi connectivity index (χ1n) is 13.9. The molecule has 3 heterocycles. The van der Waals surface area contributed by atoms with Crippen LogP contribution in [0.15, 0.2) is 54.9 Å². The van der Waals surface area contributed by atoms with Gasteiger partial charge in [0, 0.05) is 12.3 Å². The van der Waals surface area contributed by atoms with Crippen molar-refractivity contribution in [2.45, 2.75) is 52.0 Å². The van der Waals surface area contributed by atoms with E-state index in [0.717, 1.165) is 11.1 Å². The van der Waals surface area contributed by atoms with E-state index in [2.05, 4.69) is 26.2 Å². The van der Waals surface area contributed by atoms with Crippen molar-refractivity contribution in [2.24, 2.45) is 5.92 Å². The Morgan fingerprint density at radius 2 is 1.68 bits per heavy atom. The molecule has 0 aliphatic carbocycles. The average molecular weight is 598 g/mol. The Bertz CT molecular complexity index is 1760. The predicted octanol–water partition coefficient (Wildman–Crippen LogP) is 4.12. The van der Waals surface area contributed by atoms with E-state index in [4.69, 9.17) is 20.6 Å². The Hall–Kier alpha value is -5.28. The molecule has 1 fully saturated rings. The molecule has 2 aromatic carbocycles. The van der Waals surface area contributed by atoms with Crippen LogP contribution in [0, 0.1) is 32.1 Å². The molecule has 44 heavy (non-hydrogen) atoms. The van der Waals surface area contributed by atoms with Gasteiger partial charge in [0.05, 0.1) is 17.5 Å². The average Bonchev–Trinajstić information content (AvgIpc) is 3.58. The van der Waals surface area contributed by atoms with Gasteiger partial charge in [0.2, 0.25) is 23.3 Å². The van der Waals surface area contributed by atoms with Gasteiger partial charge >= 0.3 is 11.9 Å². The number of hydrogen-bond donors (Lipinski definition) is 2. The molecule has 1 amide bonds. The lowest BCUT2D eigenvalue weighted by atomic mass is 9.98. The van der Waals surface area contributed by atoms with E-state index in [-0.39, 0.29) is 35.4 Å². The number of fused-ring (bicyclic) bond motifs is 1. The van der Waals surface area contributed by atoms with Crippen LogP contribution in [0.4, 0.5) is 5.95 Å². The standard InChI is InChI=1S/C32H31N5O7/c1-6-32(16-42-29(40)21-11-7-19(4)8-12-21)23(43-30(41)22-13-9-20(5)10-14-22)15-24(44-32)37-17-33-25-26(37)34-31(36-28(25)39)35-27(38)18(2)3/h1,7-14,17-18,23-24H,15-16H2,2-5H3,(H2,34,35,36,38,39). The van der Waals surface area contributed by atoms with Crippen molar-refractivity contribution in [3.63, 3.8) is 0 Å². The van der Waals surface area contributed by atoms with Gasteiger partial charge in [-0.1, -0.05) is 55.2 Å². The monoisotopic (exact) mass is 597 g/mol. The van der Waals surface area contributed by atoms with Crippen molar-refractivity contribution < 1.29 is 33.7 Å². The van der Waals surface area contributed by atoms with Gasteiger partial charge in [-0.25, -0.2) is 14.6 Å². The Labute approximate surface area is 253 Å². The van der Waals surface area contributed by atoms with E-state index < -0.39 is 42.4 Å². The fraction of sp³-hybridized carbons (Fsp3) is 0.312. The lowest BCUT2D eigenvalue weighted by Crippen LogP contribution is -2.45. The maximum Gasteiger partial charge on any atom is 0.338 e. The third-order valence-electron chi connectivity index (χ3n) is 7.24. The number of hydrogen-bond acceptors (Lipinski definition) is 10. The lowest BCUT2D eigenvalue weighted by molar-refractivity contribution is -0.118. The van der Waals surface area contributed by atoms with Crippen LogP contribution in [0.3, 0.4) is 0 Å². The molecule has 2 N–H and O–H groups in total. The lowest BCUT2D eigenvalue weighted by Gasteiger charge is -2.28. The summed E-state index contributed by atoms with van der Waals surface area (Å²) >= 11 is 0. The molecule has 1 saturated heterocycles. The molecule has 0 radical (unpaired) electrons. The van der Waals surface area contributed by atoms with Crippen LogP contribution in [-0.2, 0) is 19.0 Å². The highest BCUT2D eigenvalue weighted by Crippen LogP contribution is 2.41. The van der Waals surface area contributed by atoms with E-state index in [1.165, 1.54) is 10.9 Å². The Balaban J connectivity index is 1.47. The molecule has 1 aliphatic rings. The predicted molar refractivity (Wildman–Crippen MR) is 159 cm³/mol. The number of nitrogens with zero attached hydrogens (tertiary/aromatic N) is 4. The van der Waals surface area contributed by atoms with Gasteiger partial charge in [0.15, 0.2) is 17.3 Å². The van der Waals surface area contributed by atoms with Gasteiger partial charge in [0.1, 0.15) is 12.8 Å². The van der Waals surface area contributed by atoms with Gasteiger partial charge in [-0.05, 0) is 38.1 Å². The number of esters is 2. The number of rotatable bonds is 8. The molecule has 12 nitrogen and oxygen atoms in total. The van der Waals surface area contributed by atoms with Crippen LogP contribution in [0.5, 0.6) is 5.88 Å². The van der Waals surface area contributed by atoms with E-state index in [9.17, 15) is 19.5 Å². The number of aromatic nitrogens is 4. The summed E-state index contributed by atoms with van der Waals surface area (Å²) in [6.45, 7) is 6.77. The number of amides is 1. The fourth-order valence-corrected chi connectivity index (χ4v) is 4.60. The van der Waals surface area contributed by atoms with Gasteiger partial charge in [-0.3, -0.25) is 14.7 Å². The maximum absolute atomic E-state index is 13.2. The summed E-state index contributed by atoms with van der Waals surface area (Å²) in [5, 5.41) is 13.1. The van der Waals surface area contributed by atoms with Crippen LogP contribution in [0.2, 0.25) is 0 Å². The first-order valence-corrected chi connectivity index (χ1v) is 13.9. The highest BCUT2D eigenvalue weighted by atomic mass is 16.6. The number of benzene rings is 2. The van der Waals surface area contributed by atoms with Gasteiger partial charge in [0.25, 0.3) is 0 Å². The number of terminal acetylenes is 1. The second-order valence-corrected chi connectivity index (χ2v) is 10.9. The maximum atomic E-state index is 13.2. The molecular weight excluding hydrogens is 566 g/mol. The summed E-state index contributed by atoms with van der Waals surface area (Å²) in [5.74, 6) is -0.0101. The van der Waals surface area contributed by atoms with Crippen LogP contribution >= 0.6 is 0 Å². The minimum absolute atomic E-state index is 0.0216. The molecule has 3 atom stereocenters. The van der Waals surface area contributed by atoms with E-state index in [1.54, 1.807) is 62.4 Å². The molecule has 5 rings (SSSR count). The second kappa shape index (κ2) is 12.1. The first kappa shape index (κ1) is 30.2. The summed E-state index contributed by atoms with van der Waals surface area (Å²) in [6, 6.07) is 13.7. The quantitative estimate of drug-likeness (QED) is 0.224. The summed E-state index contributed by atoms with van der Waals surface area (Å²) in [4.78, 5) is 50.9. The summed E-state index contributed by atoms with van der Waals surface area (Å²) in [7, 11) is 0. The topological polar surface area (TPSA) is 155 Å². The van der Waals surface area contributed by atoms with Crippen molar-refractivity contribution in [2.75, 3.05) is 11.9 Å². The van der Waals surface area contributed by atoms with Gasteiger partial charge in [-0.15, -0.1) is 6.42 Å². The molecule has 0 bridgehead atoms. The largest absolute Gasteiger partial charge is 0.492 e. The SMILES string of the molecule is C#CC1(COC(=O)c2ccc(C)cc2)OC(n2cnc3c(O)nc(NC(=O)C(C)C)nc32)CC1OC(=O)c1ccc(C)cc1. The fourth-order valence-electron chi connectivity index (χ4n) is 4.60. The van der Waals surface area contributed by atoms with Crippen LogP contribution in [-0.4, -0.2) is 60.8 Å². The summed E-state index contributed by atoms with van der Waals surface area (Å²) in [6.07, 6.45) is 5.40. The first-order chi connectivity index (χ1) is 21.0. The Morgan fingerprint density at radius 3 is 2.27 bits per heavy atom. The highest BCUT2D eigenvalue weighted by Gasteiger charge is 2.52. The van der Waals surface area contributed by atoms with Crippen molar-refractivity contribution in [3.05, 3.63) is 77.1 Å². The number of carbonyl (C=O) groups excluding carboxylic acids is 3. The second-order valence-electron chi connectivity index (χ2n) is 10.9. The van der Waals surface area contributed by atoms with Crippen LogP contribution < -0.4 is 5.32 Å². The molecule has 226 valence electrons. The molecule has 12 heteroatoms. The minimum atomic E-state index is -1.69. The number of carbonyl (C=O) groups is 3. The zero-order chi connectivity index (χ0) is 31.6. The number of aromatic hydroxyl groups is 1. The normalized spacial score (nSPS) is 19.5. The molecule has 0 saturated carbocycles. The minimum Gasteiger partial charge on any atom is -0.492 e. The van der Waals surface area contributed by atoms with E-state index in [1.807, 2.05) is 13.8 Å². The Kier molecular flexibility index (Phi) is 8.33. The number of anilines is 1. The van der Waals surface area contributed by atoms with Crippen LogP contribution in [0.1, 0.15) is 58.3 Å². The molecule has 3 unspecified atom stereocenters. The van der Waals surface area contributed by atoms with Crippen molar-refractivity contribution in [3.8, 4) is 18.2 Å². The van der Waals surface area contributed by atoms with Crippen molar-refractivity contribution >= 4 is 35.0 Å².